The second-order valence-corrected chi connectivity index (χ2v) is 19.3. The van der Waals surface area contributed by atoms with Gasteiger partial charge in [-0.15, -0.1) is 0 Å². The molecule has 1 radical (unpaired) electrons. The zero-order valence-corrected chi connectivity index (χ0v) is 38.8. The number of halogens is 3. The number of para-hydroxylation sites is 1. The van der Waals surface area contributed by atoms with Crippen LogP contribution in [0.5, 0.6) is 5.75 Å². The fourth-order valence-corrected chi connectivity index (χ4v) is 12.4. The number of ketones is 1. The van der Waals surface area contributed by atoms with Crippen LogP contribution in [-0.2, 0) is 9.13 Å². The van der Waals surface area contributed by atoms with E-state index in [4.69, 9.17) is 8.83 Å². The number of Topliss-reactive ketones (excluding diaryl/α,β-unsaturated/α-hetero) is 1. The number of aromatic hydroxyl groups is 1. The Balaban J connectivity index is 0.000000182. The van der Waals surface area contributed by atoms with Crippen molar-refractivity contribution in [2.24, 2.45) is 0 Å². The number of carbonyl (C=O) groups excluding carboxylic acids is 1. The summed E-state index contributed by atoms with van der Waals surface area (Å²) in [5.74, 6) is -3.53. The molecular weight excluding hydrogens is 995 g/mol. The summed E-state index contributed by atoms with van der Waals surface area (Å²) < 4.78 is 75.6. The van der Waals surface area contributed by atoms with Gasteiger partial charge in [-0.3, -0.25) is 4.79 Å². The fourth-order valence-electron chi connectivity index (χ4n) is 7.05. The van der Waals surface area contributed by atoms with Crippen molar-refractivity contribution in [3.8, 4) is 5.75 Å². The number of fused-ring (bicyclic) bond motifs is 4. The van der Waals surface area contributed by atoms with E-state index in [0.29, 0.717) is 21.9 Å². The predicted molar refractivity (Wildman–Crippen MR) is 249 cm³/mol. The standard InChI is InChI=1S/C18H15OP.C17H7F3O5.C16H19OP.Eu/c19-20(16-10-4-1-5-11-16,17-12-6-2-7-13-17)18-14-8-3-9-15-18;18-17(19,20)15(22)13-14(21)9-5-8-7-3-1-2-4-10(7)24-11(8)6-12(9)25-16(13)23;1-5-14(6-2)18(17,15(7-3)8-4)16-12-10-9-11-13-16;/h1-15H;1-6,21H;5-13H,1,3H2,2,4H3;/b;;14-6+,15-8+;. The zero-order valence-electron chi connectivity index (χ0n) is 34.5. The molecule has 0 amide bonds. The smallest absolute Gasteiger partial charge is 0.455 e. The van der Waals surface area contributed by atoms with Crippen LogP contribution in [-0.4, -0.2) is 17.1 Å². The summed E-state index contributed by atoms with van der Waals surface area (Å²) in [7, 11) is -5.58. The van der Waals surface area contributed by atoms with Crippen molar-refractivity contribution in [2.75, 3.05) is 0 Å². The third-order valence-corrected chi connectivity index (χ3v) is 16.5. The Morgan fingerprint density at radius 1 is 0.578 bits per heavy atom. The van der Waals surface area contributed by atoms with Crippen LogP contribution in [0.15, 0.2) is 219 Å². The Morgan fingerprint density at radius 3 is 1.41 bits per heavy atom. The van der Waals surface area contributed by atoms with E-state index in [2.05, 4.69) is 13.2 Å². The number of allylic oxidation sites excluding steroid dienone is 6. The molecule has 13 heteroatoms. The Hall–Kier alpha value is -5.41. The molecule has 0 aliphatic heterocycles. The van der Waals surface area contributed by atoms with Crippen molar-refractivity contribution in [3.05, 3.63) is 222 Å². The van der Waals surface area contributed by atoms with E-state index >= 15 is 0 Å². The van der Waals surface area contributed by atoms with Gasteiger partial charge < -0.3 is 23.1 Å². The van der Waals surface area contributed by atoms with Gasteiger partial charge in [0.05, 0.1) is 5.39 Å². The van der Waals surface area contributed by atoms with Crippen LogP contribution in [0.3, 0.4) is 0 Å². The first kappa shape index (κ1) is 49.6. The minimum atomic E-state index is -5.31. The summed E-state index contributed by atoms with van der Waals surface area (Å²) in [4.78, 5) is 23.2. The molecule has 2 aromatic heterocycles. The molecule has 2 heterocycles. The third-order valence-electron chi connectivity index (χ3n) is 10.1. The Labute approximate surface area is 408 Å². The average molecular weight is 1040 g/mol. The van der Waals surface area contributed by atoms with Crippen LogP contribution in [0.1, 0.15) is 24.2 Å². The molecule has 325 valence electrons. The van der Waals surface area contributed by atoms with E-state index in [0.717, 1.165) is 31.8 Å². The first-order valence-corrected chi connectivity index (χ1v) is 22.9. The van der Waals surface area contributed by atoms with Gasteiger partial charge in [0, 0.05) is 98.1 Å². The molecule has 8 aromatic rings. The number of carbonyl (C=O) groups is 1. The fraction of sp³-hybridized carbons (Fsp3) is 0.0588. The van der Waals surface area contributed by atoms with Crippen molar-refractivity contribution in [2.45, 2.75) is 20.0 Å². The number of benzene rings is 6. The monoisotopic (exact) mass is 1040 g/mol. The van der Waals surface area contributed by atoms with Crippen LogP contribution in [0.4, 0.5) is 13.2 Å². The molecule has 1 N–H and O–H groups in total. The van der Waals surface area contributed by atoms with Crippen LogP contribution < -0.4 is 26.8 Å². The Morgan fingerprint density at radius 2 is 0.984 bits per heavy atom. The molecule has 0 fully saturated rings. The molecule has 0 aliphatic rings. The van der Waals surface area contributed by atoms with E-state index in [1.807, 2.05) is 147 Å². The molecule has 0 spiro atoms. The maximum Gasteiger partial charge on any atom is 0.455 e. The van der Waals surface area contributed by atoms with Gasteiger partial charge in [0.15, 0.2) is 19.8 Å². The van der Waals surface area contributed by atoms with Crippen molar-refractivity contribution >= 4 is 74.2 Å². The minimum Gasteiger partial charge on any atom is -0.506 e. The van der Waals surface area contributed by atoms with Gasteiger partial charge in [-0.05, 0) is 26.0 Å². The maximum atomic E-state index is 13.8. The number of hydrogen-bond acceptors (Lipinski definition) is 7. The van der Waals surface area contributed by atoms with E-state index in [-0.39, 0.29) is 60.3 Å². The topological polar surface area (TPSA) is 115 Å². The maximum absolute atomic E-state index is 13.8. The van der Waals surface area contributed by atoms with E-state index < -0.39 is 43.2 Å². The summed E-state index contributed by atoms with van der Waals surface area (Å²) in [5, 5.41) is 16.0. The summed E-state index contributed by atoms with van der Waals surface area (Å²) in [6.45, 7) is 11.3. The van der Waals surface area contributed by atoms with Crippen molar-refractivity contribution < 1.29 is 90.4 Å². The molecule has 0 aliphatic carbocycles. The average Bonchev–Trinajstić information content (AvgIpc) is 3.67. The molecule has 0 unspecified atom stereocenters. The number of rotatable bonds is 9. The van der Waals surface area contributed by atoms with Gasteiger partial charge in [0.25, 0.3) is 5.78 Å². The number of furan rings is 1. The van der Waals surface area contributed by atoms with Crippen molar-refractivity contribution in [3.63, 3.8) is 0 Å². The predicted octanol–water partition coefficient (Wildman–Crippen LogP) is 12.3. The van der Waals surface area contributed by atoms with Crippen LogP contribution in [0.25, 0.3) is 32.9 Å². The minimum absolute atomic E-state index is 0. The first-order valence-electron chi connectivity index (χ1n) is 19.5. The van der Waals surface area contributed by atoms with E-state index in [1.54, 1.807) is 36.4 Å². The van der Waals surface area contributed by atoms with E-state index in [1.165, 1.54) is 12.1 Å². The van der Waals surface area contributed by atoms with Crippen molar-refractivity contribution in [1.29, 1.82) is 0 Å². The van der Waals surface area contributed by atoms with Crippen LogP contribution in [0, 0.1) is 49.4 Å². The van der Waals surface area contributed by atoms with E-state index in [9.17, 15) is 37.0 Å². The summed E-state index contributed by atoms with van der Waals surface area (Å²) in [6.07, 6.45) is 1.73. The molecule has 0 atom stereocenters. The third kappa shape index (κ3) is 10.1. The van der Waals surface area contributed by atoms with Crippen LogP contribution in [0.2, 0.25) is 0 Å². The molecule has 8 rings (SSSR count). The Bertz CT molecular complexity index is 3030. The first-order chi connectivity index (χ1) is 30.2. The molecule has 7 nitrogen and oxygen atoms in total. The van der Waals surface area contributed by atoms with Gasteiger partial charge in [0.1, 0.15) is 22.5 Å². The largest absolute Gasteiger partial charge is 0.506 e. The van der Waals surface area contributed by atoms with Crippen molar-refractivity contribution in [1.82, 2.24) is 0 Å². The molecule has 0 saturated carbocycles. The van der Waals surface area contributed by atoms with Gasteiger partial charge in [-0.1, -0.05) is 177 Å². The summed E-state index contributed by atoms with van der Waals surface area (Å²) in [6, 6.07) is 48.1. The molecule has 64 heavy (non-hydrogen) atoms. The summed E-state index contributed by atoms with van der Waals surface area (Å²) in [5.41, 5.74) is -2.35. The Kier molecular flexibility index (Phi) is 16.7. The second kappa shape index (κ2) is 21.5. The normalized spacial score (nSPS) is 12.8. The number of alkyl halides is 3. The zero-order chi connectivity index (χ0) is 45.4. The SMILES string of the molecule is C=C/C(=C\C)P(=O)(/C(C=C)=C/C)c1ccccc1.O=C(c1c(O)c2cc3c(cc2oc1=O)oc1ccccc13)C(F)(F)F.O=P(c1ccccc1)(c1ccccc1)c1ccccc1.[Eu]. The molecule has 6 aromatic carbocycles. The molecular formula is C51H41EuF3O7P2. The molecule has 0 bridgehead atoms. The van der Waals surface area contributed by atoms with Gasteiger partial charge in [-0.2, -0.15) is 13.2 Å². The summed E-state index contributed by atoms with van der Waals surface area (Å²) >= 11 is 0. The van der Waals surface area contributed by atoms with Gasteiger partial charge >= 0.3 is 11.8 Å². The van der Waals surface area contributed by atoms with Gasteiger partial charge in [0.2, 0.25) is 0 Å². The second-order valence-electron chi connectivity index (χ2n) is 13.8. The van der Waals surface area contributed by atoms with Gasteiger partial charge in [-0.25, -0.2) is 4.79 Å². The van der Waals surface area contributed by atoms with Crippen LogP contribution >= 0.6 is 14.3 Å². The molecule has 0 saturated heterocycles. The quantitative estimate of drug-likeness (QED) is 0.0663. The number of hydrogen-bond donors (Lipinski definition) is 1.